The number of hydrogen-bond acceptors (Lipinski definition) is 4. The minimum atomic E-state index is -3.38. The zero-order valence-electron chi connectivity index (χ0n) is 12.0. The molecular formula is C15H18FNO3S. The molecule has 1 aromatic carbocycles. The van der Waals surface area contributed by atoms with Gasteiger partial charge in [-0.25, -0.2) is 12.8 Å². The molecular weight excluding hydrogens is 293 g/mol. The molecule has 0 N–H and O–H groups in total. The first kappa shape index (κ1) is 15.9. The predicted molar refractivity (Wildman–Crippen MR) is 76.9 cm³/mol. The van der Waals surface area contributed by atoms with Gasteiger partial charge in [0.05, 0.1) is 17.9 Å². The van der Waals surface area contributed by atoms with Crippen molar-refractivity contribution in [2.45, 2.75) is 25.0 Å². The van der Waals surface area contributed by atoms with Crippen molar-refractivity contribution < 1.29 is 17.5 Å². The van der Waals surface area contributed by atoms with Crippen LogP contribution < -0.4 is 0 Å². The van der Waals surface area contributed by atoms with E-state index in [1.54, 1.807) is 26.0 Å². The van der Waals surface area contributed by atoms with Crippen LogP contribution in [-0.2, 0) is 14.6 Å². The normalized spacial score (nSPS) is 28.1. The average Bonchev–Trinajstić information content (AvgIpc) is 3.16. The Balaban J connectivity index is 2.42. The van der Waals surface area contributed by atoms with Crippen LogP contribution in [0.4, 0.5) is 4.39 Å². The van der Waals surface area contributed by atoms with Crippen LogP contribution in [0.25, 0.3) is 0 Å². The van der Waals surface area contributed by atoms with Crippen LogP contribution in [0, 0.1) is 22.6 Å². The van der Waals surface area contributed by atoms with E-state index in [1.807, 2.05) is 0 Å². The Hall–Kier alpha value is -1.45. The van der Waals surface area contributed by atoms with Crippen LogP contribution in [0.1, 0.15) is 25.3 Å². The molecule has 1 fully saturated rings. The topological polar surface area (TPSA) is 67.2 Å². The van der Waals surface area contributed by atoms with Gasteiger partial charge in [0.2, 0.25) is 0 Å². The predicted octanol–water partition coefficient (Wildman–Crippen LogP) is 2.27. The van der Waals surface area contributed by atoms with Gasteiger partial charge in [0.1, 0.15) is 11.2 Å². The van der Waals surface area contributed by atoms with E-state index in [9.17, 15) is 18.1 Å². The highest BCUT2D eigenvalue weighted by molar-refractivity contribution is 7.92. The summed E-state index contributed by atoms with van der Waals surface area (Å²) in [6, 6.07) is 7.80. The summed E-state index contributed by atoms with van der Waals surface area (Å²) in [5.74, 6) is -0.869. The molecule has 6 heteroatoms. The van der Waals surface area contributed by atoms with Crippen molar-refractivity contribution in [2.24, 2.45) is 5.41 Å². The van der Waals surface area contributed by atoms with Gasteiger partial charge in [-0.1, -0.05) is 19.1 Å². The van der Waals surface area contributed by atoms with Gasteiger partial charge in [-0.2, -0.15) is 5.26 Å². The van der Waals surface area contributed by atoms with Crippen molar-refractivity contribution in [1.29, 1.82) is 5.26 Å². The third-order valence-electron chi connectivity index (χ3n) is 4.03. The van der Waals surface area contributed by atoms with Gasteiger partial charge in [0.25, 0.3) is 0 Å². The van der Waals surface area contributed by atoms with Crippen LogP contribution in [-0.4, -0.2) is 32.6 Å². The van der Waals surface area contributed by atoms with E-state index < -0.39 is 26.4 Å². The molecule has 4 nitrogen and oxygen atoms in total. The first-order valence-corrected chi connectivity index (χ1v) is 8.60. The molecule has 0 aliphatic heterocycles. The van der Waals surface area contributed by atoms with Crippen molar-refractivity contribution >= 4 is 9.84 Å². The summed E-state index contributed by atoms with van der Waals surface area (Å²) in [4.78, 5) is 0. The molecule has 0 unspecified atom stereocenters. The van der Waals surface area contributed by atoms with Gasteiger partial charge in [0, 0.05) is 18.3 Å². The summed E-state index contributed by atoms with van der Waals surface area (Å²) in [5, 5.41) is 8.75. The third kappa shape index (κ3) is 2.68. The molecule has 2 rings (SSSR count). The maximum atomic E-state index is 13.0. The maximum absolute atomic E-state index is 13.0. The molecule has 0 radical (unpaired) electrons. The minimum absolute atomic E-state index is 0.0229. The van der Waals surface area contributed by atoms with Gasteiger partial charge in [-0.05, 0) is 24.6 Å². The molecule has 0 bridgehead atoms. The van der Waals surface area contributed by atoms with E-state index >= 15 is 0 Å². The largest absolute Gasteiger partial charge is 0.380 e. The first-order chi connectivity index (χ1) is 9.93. The van der Waals surface area contributed by atoms with Crippen molar-refractivity contribution in [3.05, 3.63) is 35.6 Å². The Morgan fingerprint density at radius 3 is 2.43 bits per heavy atom. The van der Waals surface area contributed by atoms with Crippen LogP contribution in [0.3, 0.4) is 0 Å². The quantitative estimate of drug-likeness (QED) is 0.808. The molecule has 114 valence electrons. The minimum Gasteiger partial charge on any atom is -0.380 e. The molecule has 0 aromatic heterocycles. The van der Waals surface area contributed by atoms with E-state index in [4.69, 9.17) is 4.74 Å². The van der Waals surface area contributed by atoms with E-state index in [0.717, 1.165) is 0 Å². The maximum Gasteiger partial charge on any atom is 0.155 e. The van der Waals surface area contributed by atoms with E-state index in [0.29, 0.717) is 12.2 Å². The Bertz CT molecular complexity index is 650. The lowest BCUT2D eigenvalue weighted by Gasteiger charge is -2.09. The zero-order valence-corrected chi connectivity index (χ0v) is 12.9. The highest BCUT2D eigenvalue weighted by Crippen LogP contribution is 2.62. The fraction of sp³-hybridized carbons (Fsp3) is 0.533. The average molecular weight is 311 g/mol. The standard InChI is InChI=1S/C15H18FNO3S/c1-3-20-10-15(9-17)13(14(15)21(18,19)4-2)11-5-7-12(16)8-6-11/h5-8,13-14H,3-4,10H2,1-2H3/t13-,14+,15+/m0/s1. The summed E-state index contributed by atoms with van der Waals surface area (Å²) >= 11 is 0. The van der Waals surface area contributed by atoms with E-state index in [2.05, 4.69) is 6.07 Å². The molecule has 1 saturated carbocycles. The lowest BCUT2D eigenvalue weighted by atomic mass is 10.0. The molecule has 1 aliphatic carbocycles. The second-order valence-electron chi connectivity index (χ2n) is 5.19. The lowest BCUT2D eigenvalue weighted by Crippen LogP contribution is -2.20. The number of sulfone groups is 1. The summed E-state index contributed by atoms with van der Waals surface area (Å²) < 4.78 is 42.9. The summed E-state index contributed by atoms with van der Waals surface area (Å²) in [5.41, 5.74) is -0.400. The van der Waals surface area contributed by atoms with Crippen LogP contribution in [0.15, 0.2) is 24.3 Å². The van der Waals surface area contributed by atoms with Gasteiger partial charge in [0.15, 0.2) is 9.84 Å². The van der Waals surface area contributed by atoms with Crippen molar-refractivity contribution in [1.82, 2.24) is 0 Å². The number of rotatable bonds is 6. The smallest absolute Gasteiger partial charge is 0.155 e. The third-order valence-corrected chi connectivity index (χ3v) is 6.30. The second kappa shape index (κ2) is 5.74. The number of nitrogens with zero attached hydrogens (tertiary/aromatic N) is 1. The van der Waals surface area contributed by atoms with Crippen LogP contribution in [0.2, 0.25) is 0 Å². The highest BCUT2D eigenvalue weighted by atomic mass is 32.2. The van der Waals surface area contributed by atoms with Crippen molar-refractivity contribution in [3.8, 4) is 6.07 Å². The first-order valence-electron chi connectivity index (χ1n) is 6.89. The number of halogens is 1. The fourth-order valence-corrected chi connectivity index (χ4v) is 4.87. The Kier molecular flexibility index (Phi) is 4.35. The van der Waals surface area contributed by atoms with Gasteiger partial charge in [-0.15, -0.1) is 0 Å². The van der Waals surface area contributed by atoms with Gasteiger partial charge >= 0.3 is 0 Å². The molecule has 0 amide bonds. The van der Waals surface area contributed by atoms with Crippen LogP contribution in [0.5, 0.6) is 0 Å². The van der Waals surface area contributed by atoms with E-state index in [1.165, 1.54) is 12.1 Å². The fourth-order valence-electron chi connectivity index (χ4n) is 2.86. The number of hydrogen-bond donors (Lipinski definition) is 0. The van der Waals surface area contributed by atoms with Crippen molar-refractivity contribution in [2.75, 3.05) is 19.0 Å². The molecule has 1 aromatic rings. The zero-order chi connectivity index (χ0) is 15.7. The van der Waals surface area contributed by atoms with Gasteiger partial charge < -0.3 is 4.74 Å². The summed E-state index contributed by atoms with van der Waals surface area (Å²) in [6.45, 7) is 3.85. The van der Waals surface area contributed by atoms with Crippen molar-refractivity contribution in [3.63, 3.8) is 0 Å². The number of benzene rings is 1. The molecule has 21 heavy (non-hydrogen) atoms. The summed E-state index contributed by atoms with van der Waals surface area (Å²) in [7, 11) is -3.38. The molecule has 0 spiro atoms. The lowest BCUT2D eigenvalue weighted by molar-refractivity contribution is 0.117. The summed E-state index contributed by atoms with van der Waals surface area (Å²) in [6.07, 6.45) is 0. The Morgan fingerprint density at radius 2 is 1.95 bits per heavy atom. The highest BCUT2D eigenvalue weighted by Gasteiger charge is 2.71. The Morgan fingerprint density at radius 1 is 1.33 bits per heavy atom. The second-order valence-corrected chi connectivity index (χ2v) is 7.60. The number of ether oxygens (including phenoxy) is 1. The Labute approximate surface area is 124 Å². The SMILES string of the molecule is CCOC[C@@]1(C#N)[C@H](S(=O)(=O)CC)[C@@H]1c1ccc(F)cc1. The molecule has 0 saturated heterocycles. The molecule has 1 aliphatic rings. The number of nitriles is 1. The molecule has 3 atom stereocenters. The monoisotopic (exact) mass is 311 g/mol. The van der Waals surface area contributed by atoms with Crippen LogP contribution >= 0.6 is 0 Å². The van der Waals surface area contributed by atoms with E-state index in [-0.39, 0.29) is 18.2 Å². The molecule has 0 heterocycles. The van der Waals surface area contributed by atoms with Gasteiger partial charge in [-0.3, -0.25) is 0 Å².